The van der Waals surface area contributed by atoms with Crippen LogP contribution in [0.1, 0.15) is 43.5 Å². The summed E-state index contributed by atoms with van der Waals surface area (Å²) in [6.45, 7) is 4.56. The van der Waals surface area contributed by atoms with Gasteiger partial charge in [0.2, 0.25) is 11.8 Å². The zero-order valence-corrected chi connectivity index (χ0v) is 18.2. The number of rotatable bonds is 5. The fraction of sp³-hybridized carbons (Fsp3) is 0.650. The van der Waals surface area contributed by atoms with Crippen LogP contribution in [0.15, 0.2) is 16.7 Å². The first kappa shape index (κ1) is 21.0. The molecular formula is C20H28BrN3O4. The maximum atomic E-state index is 13.1. The van der Waals surface area contributed by atoms with Crippen molar-refractivity contribution in [3.63, 3.8) is 0 Å². The molecule has 0 saturated heterocycles. The topological polar surface area (TPSA) is 83.0 Å². The zero-order valence-electron chi connectivity index (χ0n) is 16.6. The Morgan fingerprint density at radius 2 is 2.21 bits per heavy atom. The van der Waals surface area contributed by atoms with Crippen molar-refractivity contribution in [1.82, 2.24) is 14.8 Å². The molecule has 2 aliphatic rings. The molecule has 1 aliphatic carbocycles. The molecule has 154 valence electrons. The highest BCUT2D eigenvalue weighted by atomic mass is 79.9. The van der Waals surface area contributed by atoms with Gasteiger partial charge in [0, 0.05) is 36.1 Å². The summed E-state index contributed by atoms with van der Waals surface area (Å²) < 4.78 is 6.84. The summed E-state index contributed by atoms with van der Waals surface area (Å²) in [4.78, 5) is 33.4. The average Bonchev–Trinajstić information content (AvgIpc) is 2.63. The standard InChI is InChI=1S/C20H28BrN3O4/c1-12-9-24(13(2)11-25)20(27)16-7-15(21)8-22-18(16)28-17(12)10-23(3)19(26)14-5-4-6-14/h7-8,12-14,17,25H,4-6,9-11H2,1-3H3/t12-,13+,17+/m0/s1. The van der Waals surface area contributed by atoms with Crippen LogP contribution in [0, 0.1) is 11.8 Å². The monoisotopic (exact) mass is 453 g/mol. The maximum Gasteiger partial charge on any atom is 0.259 e. The second-order valence-corrected chi connectivity index (χ2v) is 8.89. The third kappa shape index (κ3) is 4.33. The van der Waals surface area contributed by atoms with E-state index in [2.05, 4.69) is 20.9 Å². The number of hydrogen-bond acceptors (Lipinski definition) is 5. The number of amides is 2. The molecule has 0 spiro atoms. The van der Waals surface area contributed by atoms with Gasteiger partial charge in [-0.05, 0) is 41.8 Å². The number of likely N-dealkylation sites (N-methyl/N-ethyl adjacent to an activating group) is 1. The van der Waals surface area contributed by atoms with E-state index in [9.17, 15) is 14.7 Å². The van der Waals surface area contributed by atoms with Crippen LogP contribution in [0.4, 0.5) is 0 Å². The Labute approximate surface area is 174 Å². The summed E-state index contributed by atoms with van der Waals surface area (Å²) in [5, 5.41) is 9.63. The number of carbonyl (C=O) groups excluding carboxylic acids is 2. The predicted molar refractivity (Wildman–Crippen MR) is 108 cm³/mol. The summed E-state index contributed by atoms with van der Waals surface area (Å²) in [6.07, 6.45) is 4.32. The summed E-state index contributed by atoms with van der Waals surface area (Å²) in [5.41, 5.74) is 0.361. The molecule has 0 bridgehead atoms. The highest BCUT2D eigenvalue weighted by Gasteiger charge is 2.36. The Morgan fingerprint density at radius 1 is 1.50 bits per heavy atom. The normalized spacial score (nSPS) is 23.8. The van der Waals surface area contributed by atoms with Crippen LogP contribution >= 0.6 is 15.9 Å². The van der Waals surface area contributed by atoms with E-state index in [1.165, 1.54) is 0 Å². The van der Waals surface area contributed by atoms with Gasteiger partial charge in [-0.25, -0.2) is 4.98 Å². The number of aromatic nitrogens is 1. The van der Waals surface area contributed by atoms with Gasteiger partial charge in [0.05, 0.1) is 19.2 Å². The molecule has 0 radical (unpaired) electrons. The molecule has 0 unspecified atom stereocenters. The van der Waals surface area contributed by atoms with Crippen LogP contribution in [0.2, 0.25) is 0 Å². The number of aliphatic hydroxyl groups is 1. The van der Waals surface area contributed by atoms with Crippen molar-refractivity contribution >= 4 is 27.7 Å². The first-order chi connectivity index (χ1) is 13.3. The number of nitrogens with zero attached hydrogens (tertiary/aromatic N) is 3. The van der Waals surface area contributed by atoms with E-state index >= 15 is 0 Å². The maximum absolute atomic E-state index is 13.1. The minimum absolute atomic E-state index is 0.0341. The molecule has 3 atom stereocenters. The van der Waals surface area contributed by atoms with Crippen LogP contribution in [-0.2, 0) is 4.79 Å². The fourth-order valence-electron chi connectivity index (χ4n) is 3.62. The highest BCUT2D eigenvalue weighted by molar-refractivity contribution is 9.10. The number of hydrogen-bond donors (Lipinski definition) is 1. The molecular weight excluding hydrogens is 426 g/mol. The van der Waals surface area contributed by atoms with E-state index in [1.54, 1.807) is 22.1 Å². The summed E-state index contributed by atoms with van der Waals surface area (Å²) >= 11 is 3.36. The predicted octanol–water partition coefficient (Wildman–Crippen LogP) is 2.32. The lowest BCUT2D eigenvalue weighted by atomic mass is 9.84. The van der Waals surface area contributed by atoms with E-state index in [4.69, 9.17) is 4.74 Å². The van der Waals surface area contributed by atoms with Crippen LogP contribution in [-0.4, -0.2) is 70.6 Å². The molecule has 1 fully saturated rings. The van der Waals surface area contributed by atoms with Gasteiger partial charge in [0.25, 0.3) is 5.91 Å². The highest BCUT2D eigenvalue weighted by Crippen LogP contribution is 2.30. The van der Waals surface area contributed by atoms with Crippen LogP contribution < -0.4 is 4.74 Å². The van der Waals surface area contributed by atoms with Crippen molar-refractivity contribution in [2.24, 2.45) is 11.8 Å². The minimum Gasteiger partial charge on any atom is -0.472 e. The smallest absolute Gasteiger partial charge is 0.259 e. The van der Waals surface area contributed by atoms with Gasteiger partial charge < -0.3 is 19.6 Å². The number of ether oxygens (including phenoxy) is 1. The van der Waals surface area contributed by atoms with E-state index in [1.807, 2.05) is 20.9 Å². The number of carbonyl (C=O) groups is 2. The molecule has 2 heterocycles. The Hall–Kier alpha value is -1.67. The van der Waals surface area contributed by atoms with Crippen LogP contribution in [0.3, 0.4) is 0 Å². The van der Waals surface area contributed by atoms with E-state index < -0.39 is 0 Å². The lowest BCUT2D eigenvalue weighted by Gasteiger charge is -2.38. The minimum atomic E-state index is -0.324. The number of fused-ring (bicyclic) bond motifs is 1. The summed E-state index contributed by atoms with van der Waals surface area (Å²) in [5.74, 6) is 0.305. The molecule has 0 aromatic carbocycles. The van der Waals surface area contributed by atoms with Crippen molar-refractivity contribution in [2.75, 3.05) is 26.7 Å². The first-order valence-electron chi connectivity index (χ1n) is 9.80. The van der Waals surface area contributed by atoms with Crippen molar-refractivity contribution in [3.8, 4) is 5.88 Å². The van der Waals surface area contributed by atoms with E-state index in [-0.39, 0.29) is 48.3 Å². The molecule has 28 heavy (non-hydrogen) atoms. The van der Waals surface area contributed by atoms with Crippen LogP contribution in [0.25, 0.3) is 0 Å². The Balaban J connectivity index is 1.87. The quantitative estimate of drug-likeness (QED) is 0.739. The molecule has 1 aromatic rings. The molecule has 1 N–H and O–H groups in total. The molecule has 3 rings (SSSR count). The zero-order chi connectivity index (χ0) is 20.4. The Morgan fingerprint density at radius 3 is 2.82 bits per heavy atom. The Bertz CT molecular complexity index is 740. The van der Waals surface area contributed by atoms with Crippen molar-refractivity contribution < 1.29 is 19.4 Å². The number of halogens is 1. The third-order valence-electron chi connectivity index (χ3n) is 5.77. The van der Waals surface area contributed by atoms with Gasteiger partial charge in [-0.15, -0.1) is 0 Å². The average molecular weight is 454 g/mol. The molecule has 8 heteroatoms. The van der Waals surface area contributed by atoms with Gasteiger partial charge in [0.15, 0.2) is 0 Å². The second kappa shape index (κ2) is 8.78. The molecule has 1 aliphatic heterocycles. The van der Waals surface area contributed by atoms with Gasteiger partial charge in [-0.3, -0.25) is 9.59 Å². The Kier molecular flexibility index (Phi) is 6.60. The van der Waals surface area contributed by atoms with Crippen LogP contribution in [0.5, 0.6) is 5.88 Å². The third-order valence-corrected chi connectivity index (χ3v) is 6.21. The van der Waals surface area contributed by atoms with E-state index in [0.717, 1.165) is 19.3 Å². The van der Waals surface area contributed by atoms with Crippen molar-refractivity contribution in [1.29, 1.82) is 0 Å². The van der Waals surface area contributed by atoms with Crippen molar-refractivity contribution in [2.45, 2.75) is 45.3 Å². The lowest BCUT2D eigenvalue weighted by Crippen LogP contribution is -2.51. The first-order valence-corrected chi connectivity index (χ1v) is 10.6. The lowest BCUT2D eigenvalue weighted by molar-refractivity contribution is -0.138. The molecule has 7 nitrogen and oxygen atoms in total. The van der Waals surface area contributed by atoms with Gasteiger partial charge in [0.1, 0.15) is 11.7 Å². The van der Waals surface area contributed by atoms with Gasteiger partial charge in [-0.1, -0.05) is 13.3 Å². The number of pyridine rings is 1. The molecule has 2 amide bonds. The number of aliphatic hydroxyl groups excluding tert-OH is 1. The van der Waals surface area contributed by atoms with Gasteiger partial charge in [-0.2, -0.15) is 0 Å². The van der Waals surface area contributed by atoms with E-state index in [0.29, 0.717) is 23.1 Å². The largest absolute Gasteiger partial charge is 0.472 e. The summed E-state index contributed by atoms with van der Waals surface area (Å²) in [6, 6.07) is 1.37. The van der Waals surface area contributed by atoms with Crippen molar-refractivity contribution in [3.05, 3.63) is 22.3 Å². The van der Waals surface area contributed by atoms with Gasteiger partial charge >= 0.3 is 0 Å². The SMILES string of the molecule is C[C@H](CO)N1C[C@H](C)[C@@H](CN(C)C(=O)C2CCC2)Oc2ncc(Br)cc2C1=O. The molecule has 1 aromatic heterocycles. The molecule has 1 saturated carbocycles. The second-order valence-electron chi connectivity index (χ2n) is 7.98. The fourth-order valence-corrected chi connectivity index (χ4v) is 3.95. The summed E-state index contributed by atoms with van der Waals surface area (Å²) in [7, 11) is 1.81.